The monoisotopic (exact) mass is 235 g/mol. The Hall–Kier alpha value is -1.88. The first-order valence-corrected chi connectivity index (χ1v) is 5.44. The summed E-state index contributed by atoms with van der Waals surface area (Å²) in [4.78, 5) is 22.6. The smallest absolute Gasteiger partial charge is 0.241 e. The van der Waals surface area contributed by atoms with Gasteiger partial charge in [0, 0.05) is 20.0 Å². The summed E-state index contributed by atoms with van der Waals surface area (Å²) in [5.74, 6) is -0.390. The lowest BCUT2D eigenvalue weighted by Gasteiger charge is -2.12. The number of carbonyl (C=O) groups excluding carboxylic acids is 2. The molecule has 5 heteroatoms. The van der Waals surface area contributed by atoms with E-state index in [-0.39, 0.29) is 18.2 Å². The topological polar surface area (TPSA) is 84.2 Å². The van der Waals surface area contributed by atoms with E-state index in [0.717, 1.165) is 5.56 Å². The van der Waals surface area contributed by atoms with E-state index >= 15 is 0 Å². The normalized spacial score (nSPS) is 11.6. The number of carbonyl (C=O) groups is 2. The molecule has 0 saturated heterocycles. The average molecular weight is 235 g/mol. The highest BCUT2D eigenvalue weighted by Gasteiger charge is 2.14. The molecule has 0 aliphatic heterocycles. The molecule has 5 nitrogen and oxygen atoms in total. The Morgan fingerprint density at radius 2 is 1.94 bits per heavy atom. The van der Waals surface area contributed by atoms with Gasteiger partial charge in [0.1, 0.15) is 6.04 Å². The van der Waals surface area contributed by atoms with E-state index in [2.05, 4.69) is 10.6 Å². The van der Waals surface area contributed by atoms with Crippen molar-refractivity contribution in [1.29, 1.82) is 0 Å². The lowest BCUT2D eigenvalue weighted by atomic mass is 10.1. The second-order valence-electron chi connectivity index (χ2n) is 3.60. The highest BCUT2D eigenvalue weighted by atomic mass is 16.2. The third-order valence-corrected chi connectivity index (χ3v) is 2.37. The van der Waals surface area contributed by atoms with Crippen LogP contribution in [-0.4, -0.2) is 25.4 Å². The van der Waals surface area contributed by atoms with Crippen molar-refractivity contribution in [2.45, 2.75) is 12.5 Å². The van der Waals surface area contributed by atoms with Gasteiger partial charge < -0.3 is 16.4 Å². The van der Waals surface area contributed by atoms with Crippen LogP contribution in [-0.2, 0) is 9.59 Å². The van der Waals surface area contributed by atoms with Gasteiger partial charge in [-0.3, -0.25) is 9.59 Å². The van der Waals surface area contributed by atoms with Crippen molar-refractivity contribution in [1.82, 2.24) is 10.6 Å². The van der Waals surface area contributed by atoms with Gasteiger partial charge in [-0.25, -0.2) is 0 Å². The second-order valence-corrected chi connectivity index (χ2v) is 3.60. The Morgan fingerprint density at radius 1 is 1.29 bits per heavy atom. The van der Waals surface area contributed by atoms with Crippen LogP contribution in [0.5, 0.6) is 0 Å². The zero-order valence-corrected chi connectivity index (χ0v) is 9.77. The third-order valence-electron chi connectivity index (χ3n) is 2.37. The van der Waals surface area contributed by atoms with E-state index in [4.69, 9.17) is 5.73 Å². The molecule has 1 aromatic carbocycles. The molecule has 2 amide bonds. The zero-order chi connectivity index (χ0) is 12.7. The van der Waals surface area contributed by atoms with Crippen LogP contribution >= 0.6 is 0 Å². The number of rotatable bonds is 5. The van der Waals surface area contributed by atoms with E-state index in [0.29, 0.717) is 6.54 Å². The standard InChI is InChI=1S/C12H17N3O2/c1-14-10(16)7-8-15-12(17)11(13)9-5-3-2-4-6-9/h2-6,11H,7-8,13H2,1H3,(H,14,16)(H,15,17). The van der Waals surface area contributed by atoms with Crippen LogP contribution in [0.15, 0.2) is 30.3 Å². The Balaban J connectivity index is 2.40. The van der Waals surface area contributed by atoms with Crippen molar-refractivity contribution in [2.24, 2.45) is 5.73 Å². The van der Waals surface area contributed by atoms with Crippen molar-refractivity contribution < 1.29 is 9.59 Å². The van der Waals surface area contributed by atoms with Crippen LogP contribution in [0.3, 0.4) is 0 Å². The maximum absolute atomic E-state index is 11.6. The first kappa shape index (κ1) is 13.2. The zero-order valence-electron chi connectivity index (χ0n) is 9.77. The van der Waals surface area contributed by atoms with Gasteiger partial charge >= 0.3 is 0 Å². The van der Waals surface area contributed by atoms with Gasteiger partial charge in [0.2, 0.25) is 11.8 Å². The van der Waals surface area contributed by atoms with Gasteiger partial charge in [0.05, 0.1) is 0 Å². The van der Waals surface area contributed by atoms with Crippen molar-refractivity contribution >= 4 is 11.8 Å². The van der Waals surface area contributed by atoms with Crippen LogP contribution in [0.1, 0.15) is 18.0 Å². The molecular weight excluding hydrogens is 218 g/mol. The summed E-state index contributed by atoms with van der Waals surface area (Å²) in [6, 6.07) is 8.41. The molecule has 4 N–H and O–H groups in total. The molecule has 0 fully saturated rings. The number of hydrogen-bond acceptors (Lipinski definition) is 3. The highest BCUT2D eigenvalue weighted by molar-refractivity contribution is 5.83. The van der Waals surface area contributed by atoms with Crippen molar-refractivity contribution in [3.63, 3.8) is 0 Å². The molecule has 0 radical (unpaired) electrons. The van der Waals surface area contributed by atoms with Gasteiger partial charge in [0.25, 0.3) is 0 Å². The molecule has 92 valence electrons. The summed E-state index contributed by atoms with van der Waals surface area (Å²) in [6.07, 6.45) is 0.254. The van der Waals surface area contributed by atoms with E-state index in [1.165, 1.54) is 0 Å². The molecule has 0 saturated carbocycles. The minimum Gasteiger partial charge on any atom is -0.359 e. The Bertz CT molecular complexity index is 379. The number of hydrogen-bond donors (Lipinski definition) is 3. The maximum atomic E-state index is 11.6. The second kappa shape index (κ2) is 6.65. The summed E-state index contributed by atoms with van der Waals surface area (Å²) in [7, 11) is 1.56. The van der Waals surface area contributed by atoms with Gasteiger partial charge in [-0.05, 0) is 5.56 Å². The molecule has 0 spiro atoms. The molecular formula is C12H17N3O2. The summed E-state index contributed by atoms with van der Waals surface area (Å²) < 4.78 is 0. The number of nitrogens with two attached hydrogens (primary N) is 1. The van der Waals surface area contributed by atoms with Crippen molar-refractivity contribution in [3.05, 3.63) is 35.9 Å². The van der Waals surface area contributed by atoms with Crippen LogP contribution in [0.25, 0.3) is 0 Å². The molecule has 1 atom stereocenters. The minimum absolute atomic E-state index is 0.112. The first-order chi connectivity index (χ1) is 8.15. The summed E-state index contributed by atoms with van der Waals surface area (Å²) in [5.41, 5.74) is 6.53. The predicted molar refractivity (Wildman–Crippen MR) is 65.1 cm³/mol. The minimum atomic E-state index is -0.694. The van der Waals surface area contributed by atoms with Crippen LogP contribution in [0, 0.1) is 0 Å². The van der Waals surface area contributed by atoms with Gasteiger partial charge in [-0.2, -0.15) is 0 Å². The molecule has 0 heterocycles. The molecule has 0 bridgehead atoms. The number of amides is 2. The number of nitrogens with one attached hydrogen (secondary N) is 2. The lowest BCUT2D eigenvalue weighted by molar-refractivity contribution is -0.123. The molecule has 0 aliphatic carbocycles. The Labute approximate surface area is 100 Å². The van der Waals surface area contributed by atoms with Crippen LogP contribution in [0.2, 0.25) is 0 Å². The molecule has 1 rings (SSSR count). The molecule has 1 unspecified atom stereocenters. The van der Waals surface area contributed by atoms with Crippen molar-refractivity contribution in [2.75, 3.05) is 13.6 Å². The number of benzene rings is 1. The van der Waals surface area contributed by atoms with E-state index in [9.17, 15) is 9.59 Å². The first-order valence-electron chi connectivity index (χ1n) is 5.44. The van der Waals surface area contributed by atoms with Crippen LogP contribution in [0.4, 0.5) is 0 Å². The molecule has 17 heavy (non-hydrogen) atoms. The summed E-state index contributed by atoms with van der Waals surface area (Å²) >= 11 is 0. The largest absolute Gasteiger partial charge is 0.359 e. The fourth-order valence-electron chi connectivity index (χ4n) is 1.35. The van der Waals surface area contributed by atoms with E-state index < -0.39 is 6.04 Å². The van der Waals surface area contributed by atoms with Crippen LogP contribution < -0.4 is 16.4 Å². The molecule has 0 aliphatic rings. The quantitative estimate of drug-likeness (QED) is 0.668. The van der Waals surface area contributed by atoms with Gasteiger partial charge in [-0.1, -0.05) is 30.3 Å². The fraction of sp³-hybridized carbons (Fsp3) is 0.333. The molecule has 0 aromatic heterocycles. The van der Waals surface area contributed by atoms with Crippen molar-refractivity contribution in [3.8, 4) is 0 Å². The third kappa shape index (κ3) is 4.24. The lowest BCUT2D eigenvalue weighted by Crippen LogP contribution is -2.36. The molecule has 1 aromatic rings. The van der Waals surface area contributed by atoms with Gasteiger partial charge in [0.15, 0.2) is 0 Å². The highest BCUT2D eigenvalue weighted by Crippen LogP contribution is 2.08. The Morgan fingerprint density at radius 3 is 2.53 bits per heavy atom. The maximum Gasteiger partial charge on any atom is 0.241 e. The Kier molecular flexibility index (Phi) is 5.16. The SMILES string of the molecule is CNC(=O)CCNC(=O)C(N)c1ccccc1. The van der Waals surface area contributed by atoms with E-state index in [1.54, 1.807) is 19.2 Å². The summed E-state index contributed by atoms with van der Waals surface area (Å²) in [6.45, 7) is 0.291. The fourth-order valence-corrected chi connectivity index (χ4v) is 1.35. The van der Waals surface area contributed by atoms with Gasteiger partial charge in [-0.15, -0.1) is 0 Å². The summed E-state index contributed by atoms with van der Waals surface area (Å²) in [5, 5.41) is 5.10. The average Bonchev–Trinajstić information content (AvgIpc) is 2.38. The predicted octanol–water partition coefficient (Wildman–Crippen LogP) is -0.0613. The van der Waals surface area contributed by atoms with E-state index in [1.807, 2.05) is 18.2 Å².